The first-order chi connectivity index (χ1) is 6.09. The summed E-state index contributed by atoms with van der Waals surface area (Å²) in [5, 5.41) is 0. The minimum atomic E-state index is 0.143. The summed E-state index contributed by atoms with van der Waals surface area (Å²) in [6.45, 7) is 3.94. The standard InChI is InChI=1S/C9H15N3O/c1-7(2)13-8-5-6-10-9(11-8)12(3)4/h5-7H,1-4H3. The van der Waals surface area contributed by atoms with Crippen molar-refractivity contribution in [2.75, 3.05) is 19.0 Å². The van der Waals surface area contributed by atoms with Crippen molar-refractivity contribution in [1.29, 1.82) is 0 Å². The van der Waals surface area contributed by atoms with Crippen LogP contribution in [-0.4, -0.2) is 30.2 Å². The molecule has 1 aromatic rings. The molecule has 4 nitrogen and oxygen atoms in total. The number of aromatic nitrogens is 2. The van der Waals surface area contributed by atoms with Crippen molar-refractivity contribution < 1.29 is 4.74 Å². The molecule has 0 aliphatic rings. The smallest absolute Gasteiger partial charge is 0.228 e. The van der Waals surface area contributed by atoms with Crippen LogP contribution in [0.15, 0.2) is 12.3 Å². The first-order valence-electron chi connectivity index (χ1n) is 4.26. The molecule has 0 aliphatic carbocycles. The Bertz CT molecular complexity index is 273. The fourth-order valence-electron chi connectivity index (χ4n) is 0.855. The minimum absolute atomic E-state index is 0.143. The van der Waals surface area contributed by atoms with Gasteiger partial charge in [0.2, 0.25) is 11.8 Å². The second kappa shape index (κ2) is 4.07. The van der Waals surface area contributed by atoms with Gasteiger partial charge in [-0.15, -0.1) is 0 Å². The molecule has 0 saturated heterocycles. The summed E-state index contributed by atoms with van der Waals surface area (Å²) in [6, 6.07) is 1.76. The van der Waals surface area contributed by atoms with Gasteiger partial charge in [0.15, 0.2) is 0 Å². The highest BCUT2D eigenvalue weighted by Gasteiger charge is 2.02. The van der Waals surface area contributed by atoms with Gasteiger partial charge in [-0.3, -0.25) is 0 Å². The Morgan fingerprint density at radius 3 is 2.62 bits per heavy atom. The van der Waals surface area contributed by atoms with Gasteiger partial charge >= 0.3 is 0 Å². The molecule has 0 aromatic carbocycles. The predicted octanol–water partition coefficient (Wildman–Crippen LogP) is 1.33. The lowest BCUT2D eigenvalue weighted by Gasteiger charge is -2.12. The minimum Gasteiger partial charge on any atom is -0.475 e. The lowest BCUT2D eigenvalue weighted by Crippen LogP contribution is -2.14. The fraction of sp³-hybridized carbons (Fsp3) is 0.556. The molecule has 0 saturated carbocycles. The first kappa shape index (κ1) is 9.77. The topological polar surface area (TPSA) is 38.2 Å². The number of ether oxygens (including phenoxy) is 1. The summed E-state index contributed by atoms with van der Waals surface area (Å²) in [5.41, 5.74) is 0. The molecule has 0 amide bonds. The maximum atomic E-state index is 5.43. The Balaban J connectivity index is 2.79. The summed E-state index contributed by atoms with van der Waals surface area (Å²) in [4.78, 5) is 10.1. The van der Waals surface area contributed by atoms with Gasteiger partial charge in [-0.05, 0) is 13.8 Å². The second-order valence-electron chi connectivity index (χ2n) is 3.26. The van der Waals surface area contributed by atoms with E-state index in [0.29, 0.717) is 11.8 Å². The quantitative estimate of drug-likeness (QED) is 0.705. The predicted molar refractivity (Wildman–Crippen MR) is 52.1 cm³/mol. The Kier molecular flexibility index (Phi) is 3.06. The van der Waals surface area contributed by atoms with E-state index in [-0.39, 0.29) is 6.10 Å². The fourth-order valence-corrected chi connectivity index (χ4v) is 0.855. The van der Waals surface area contributed by atoms with Crippen LogP contribution in [-0.2, 0) is 0 Å². The van der Waals surface area contributed by atoms with Gasteiger partial charge in [-0.25, -0.2) is 4.98 Å². The molecule has 4 heteroatoms. The Morgan fingerprint density at radius 2 is 2.08 bits per heavy atom. The molecule has 0 radical (unpaired) electrons. The van der Waals surface area contributed by atoms with E-state index in [2.05, 4.69) is 9.97 Å². The molecule has 1 heterocycles. The lowest BCUT2D eigenvalue weighted by molar-refractivity contribution is 0.232. The summed E-state index contributed by atoms with van der Waals surface area (Å²) >= 11 is 0. The molecule has 0 aliphatic heterocycles. The SMILES string of the molecule is CC(C)Oc1ccnc(N(C)C)n1. The van der Waals surface area contributed by atoms with Gasteiger partial charge in [-0.1, -0.05) is 0 Å². The second-order valence-corrected chi connectivity index (χ2v) is 3.26. The molecule has 0 unspecified atom stereocenters. The normalized spacial score (nSPS) is 10.2. The third-order valence-corrected chi connectivity index (χ3v) is 1.37. The molecular weight excluding hydrogens is 166 g/mol. The number of nitrogens with zero attached hydrogens (tertiary/aromatic N) is 3. The van der Waals surface area contributed by atoms with Crippen LogP contribution < -0.4 is 9.64 Å². The highest BCUT2D eigenvalue weighted by atomic mass is 16.5. The molecule has 13 heavy (non-hydrogen) atoms. The van der Waals surface area contributed by atoms with E-state index >= 15 is 0 Å². The molecule has 1 aromatic heterocycles. The monoisotopic (exact) mass is 181 g/mol. The average molecular weight is 181 g/mol. The summed E-state index contributed by atoms with van der Waals surface area (Å²) in [6.07, 6.45) is 1.84. The third kappa shape index (κ3) is 2.89. The highest BCUT2D eigenvalue weighted by molar-refractivity contribution is 5.29. The van der Waals surface area contributed by atoms with Crippen LogP contribution in [0.1, 0.15) is 13.8 Å². The van der Waals surface area contributed by atoms with Crippen LogP contribution in [0.3, 0.4) is 0 Å². The van der Waals surface area contributed by atoms with Crippen molar-refractivity contribution >= 4 is 5.95 Å². The van der Waals surface area contributed by atoms with Gasteiger partial charge in [0.1, 0.15) is 0 Å². The van der Waals surface area contributed by atoms with Crippen molar-refractivity contribution in [3.63, 3.8) is 0 Å². The van der Waals surface area contributed by atoms with E-state index in [9.17, 15) is 0 Å². The van der Waals surface area contributed by atoms with Crippen molar-refractivity contribution in [2.24, 2.45) is 0 Å². The van der Waals surface area contributed by atoms with E-state index in [0.717, 1.165) is 0 Å². The van der Waals surface area contributed by atoms with Crippen molar-refractivity contribution in [3.8, 4) is 5.88 Å². The van der Waals surface area contributed by atoms with E-state index < -0.39 is 0 Å². The van der Waals surface area contributed by atoms with Gasteiger partial charge in [0.25, 0.3) is 0 Å². The van der Waals surface area contributed by atoms with Gasteiger partial charge < -0.3 is 9.64 Å². The van der Waals surface area contributed by atoms with Crippen molar-refractivity contribution in [2.45, 2.75) is 20.0 Å². The first-order valence-corrected chi connectivity index (χ1v) is 4.26. The Morgan fingerprint density at radius 1 is 1.38 bits per heavy atom. The van der Waals surface area contributed by atoms with E-state index in [1.165, 1.54) is 0 Å². The molecular formula is C9H15N3O. The van der Waals surface area contributed by atoms with E-state index in [1.54, 1.807) is 12.3 Å². The van der Waals surface area contributed by atoms with Crippen LogP contribution in [0.4, 0.5) is 5.95 Å². The average Bonchev–Trinajstić information content (AvgIpc) is 2.03. The van der Waals surface area contributed by atoms with Gasteiger partial charge in [0, 0.05) is 26.4 Å². The molecule has 0 bridgehead atoms. The van der Waals surface area contributed by atoms with Gasteiger partial charge in [0.05, 0.1) is 6.10 Å². The lowest BCUT2D eigenvalue weighted by atomic mass is 10.5. The zero-order valence-corrected chi connectivity index (χ0v) is 8.48. The highest BCUT2D eigenvalue weighted by Crippen LogP contribution is 2.11. The maximum Gasteiger partial charge on any atom is 0.228 e. The zero-order chi connectivity index (χ0) is 9.84. The molecule has 0 fully saturated rings. The number of rotatable bonds is 3. The Hall–Kier alpha value is -1.32. The van der Waals surface area contributed by atoms with Crippen LogP contribution >= 0.6 is 0 Å². The van der Waals surface area contributed by atoms with E-state index in [1.807, 2.05) is 32.8 Å². The summed E-state index contributed by atoms with van der Waals surface area (Å²) < 4.78 is 5.43. The number of hydrogen-bond acceptors (Lipinski definition) is 4. The van der Waals surface area contributed by atoms with Crippen molar-refractivity contribution in [1.82, 2.24) is 9.97 Å². The molecule has 0 N–H and O–H groups in total. The van der Waals surface area contributed by atoms with Crippen LogP contribution in [0.25, 0.3) is 0 Å². The van der Waals surface area contributed by atoms with Crippen LogP contribution in [0, 0.1) is 0 Å². The number of anilines is 1. The molecule has 1 rings (SSSR count). The van der Waals surface area contributed by atoms with Crippen LogP contribution in [0.2, 0.25) is 0 Å². The third-order valence-electron chi connectivity index (χ3n) is 1.37. The molecule has 0 spiro atoms. The van der Waals surface area contributed by atoms with Crippen LogP contribution in [0.5, 0.6) is 5.88 Å². The number of hydrogen-bond donors (Lipinski definition) is 0. The largest absolute Gasteiger partial charge is 0.475 e. The molecule has 0 atom stereocenters. The zero-order valence-electron chi connectivity index (χ0n) is 8.48. The maximum absolute atomic E-state index is 5.43. The Labute approximate surface area is 78.6 Å². The van der Waals surface area contributed by atoms with E-state index in [4.69, 9.17) is 4.74 Å². The van der Waals surface area contributed by atoms with Crippen molar-refractivity contribution in [3.05, 3.63) is 12.3 Å². The summed E-state index contributed by atoms with van der Waals surface area (Å²) in [7, 11) is 3.79. The molecule has 72 valence electrons. The summed E-state index contributed by atoms with van der Waals surface area (Å²) in [5.74, 6) is 1.28. The van der Waals surface area contributed by atoms with Gasteiger partial charge in [-0.2, -0.15) is 4.98 Å².